The quantitative estimate of drug-likeness (QED) is 0.284. The van der Waals surface area contributed by atoms with Crippen LogP contribution < -0.4 is 4.18 Å². The molecule has 0 N–H and O–H groups in total. The molecule has 5 rings (SSSR count). The Kier molecular flexibility index (Phi) is 6.60. The van der Waals surface area contributed by atoms with Gasteiger partial charge in [-0.2, -0.15) is 13.4 Å². The highest BCUT2D eigenvalue weighted by atomic mass is 32.2. The van der Waals surface area contributed by atoms with Crippen LogP contribution in [0, 0.1) is 6.92 Å². The third-order valence-corrected chi connectivity index (χ3v) is 7.45. The lowest BCUT2D eigenvalue weighted by Crippen LogP contribution is -2.36. The number of aryl methyl sites for hydroxylation is 1. The molecule has 1 aliphatic heterocycles. The first-order valence-corrected chi connectivity index (χ1v) is 13.8. The summed E-state index contributed by atoms with van der Waals surface area (Å²) in [5.41, 5.74) is 1.10. The van der Waals surface area contributed by atoms with Gasteiger partial charge in [0.1, 0.15) is 22.3 Å². The van der Waals surface area contributed by atoms with Crippen LogP contribution >= 0.6 is 0 Å². The van der Waals surface area contributed by atoms with Crippen molar-refractivity contribution in [3.05, 3.63) is 72.1 Å². The highest BCUT2D eigenvalue weighted by molar-refractivity contribution is 7.87. The first kappa shape index (κ1) is 25.7. The molecule has 1 aromatic heterocycles. The molecule has 10 heteroatoms. The predicted octanol–water partition coefficient (Wildman–Crippen LogP) is 6.04. The number of rotatable bonds is 5. The van der Waals surface area contributed by atoms with Crippen LogP contribution in [-0.2, 0) is 14.9 Å². The molecule has 0 radical (unpaired) electrons. The van der Waals surface area contributed by atoms with Gasteiger partial charge in [0.15, 0.2) is 0 Å². The summed E-state index contributed by atoms with van der Waals surface area (Å²) in [5, 5.41) is 5.79. The second-order valence-electron chi connectivity index (χ2n) is 10.4. The molecule has 2 heterocycles. The fraction of sp³-hybridized carbons (Fsp3) is 0.321. The molecule has 38 heavy (non-hydrogen) atoms. The molecule has 0 spiro atoms. The average Bonchev–Trinajstić information content (AvgIpc) is 3.53. The SMILES string of the molecule is Cc1ccc(S(=O)(=O)Oc2ccc3cc(-c4noc([C@@H]5CCCN5C(=O)OC(C)(C)C)n4)ccc3c2)cc1. The number of fused-ring (bicyclic) bond motifs is 1. The van der Waals surface area contributed by atoms with Gasteiger partial charge in [0.25, 0.3) is 0 Å². The summed E-state index contributed by atoms with van der Waals surface area (Å²) in [5.74, 6) is 0.991. The van der Waals surface area contributed by atoms with Crippen LogP contribution in [0.15, 0.2) is 70.1 Å². The maximum atomic E-state index is 12.7. The van der Waals surface area contributed by atoms with Gasteiger partial charge in [-0.1, -0.05) is 41.1 Å². The Balaban J connectivity index is 1.34. The van der Waals surface area contributed by atoms with Gasteiger partial charge in [0, 0.05) is 12.1 Å². The minimum atomic E-state index is -3.95. The topological polar surface area (TPSA) is 112 Å². The van der Waals surface area contributed by atoms with Crippen molar-refractivity contribution in [2.24, 2.45) is 0 Å². The molecular formula is C28H29N3O6S. The van der Waals surface area contributed by atoms with Crippen LogP contribution in [0.3, 0.4) is 0 Å². The number of hydrogen-bond donors (Lipinski definition) is 0. The molecule has 1 fully saturated rings. The van der Waals surface area contributed by atoms with E-state index in [0.717, 1.165) is 28.3 Å². The van der Waals surface area contributed by atoms with Gasteiger partial charge in [-0.3, -0.25) is 4.90 Å². The van der Waals surface area contributed by atoms with Gasteiger partial charge in [-0.15, -0.1) is 0 Å². The van der Waals surface area contributed by atoms with Gasteiger partial charge in [-0.05, 0) is 81.6 Å². The highest BCUT2D eigenvalue weighted by Gasteiger charge is 2.36. The van der Waals surface area contributed by atoms with Crippen molar-refractivity contribution in [3.8, 4) is 17.1 Å². The third-order valence-electron chi connectivity index (χ3n) is 6.19. The lowest BCUT2D eigenvalue weighted by Gasteiger charge is -2.26. The molecule has 1 aliphatic rings. The van der Waals surface area contributed by atoms with Gasteiger partial charge < -0.3 is 13.4 Å². The Morgan fingerprint density at radius 3 is 2.47 bits per heavy atom. The van der Waals surface area contributed by atoms with Gasteiger partial charge in [0.05, 0.1) is 0 Å². The van der Waals surface area contributed by atoms with Crippen LogP contribution in [0.4, 0.5) is 4.79 Å². The molecule has 1 amide bonds. The molecule has 0 saturated carbocycles. The zero-order valence-corrected chi connectivity index (χ0v) is 22.5. The molecule has 198 valence electrons. The van der Waals surface area contributed by atoms with E-state index in [9.17, 15) is 13.2 Å². The molecule has 3 aromatic carbocycles. The number of nitrogens with zero attached hydrogens (tertiary/aromatic N) is 3. The molecule has 4 aromatic rings. The smallest absolute Gasteiger partial charge is 0.410 e. The van der Waals surface area contributed by atoms with Crippen molar-refractivity contribution in [1.82, 2.24) is 15.0 Å². The van der Waals surface area contributed by atoms with Crippen LogP contribution in [0.25, 0.3) is 22.2 Å². The number of ether oxygens (including phenoxy) is 1. The van der Waals surface area contributed by atoms with Crippen LogP contribution in [0.5, 0.6) is 5.75 Å². The summed E-state index contributed by atoms with van der Waals surface area (Å²) < 4.78 is 41.7. The fourth-order valence-corrected chi connectivity index (χ4v) is 5.27. The van der Waals surface area contributed by atoms with Crippen molar-refractivity contribution in [1.29, 1.82) is 0 Å². The Hall–Kier alpha value is -3.92. The summed E-state index contributed by atoms with van der Waals surface area (Å²) in [6.45, 7) is 7.95. The number of carbonyl (C=O) groups is 1. The van der Waals surface area contributed by atoms with E-state index >= 15 is 0 Å². The van der Waals surface area contributed by atoms with E-state index in [1.165, 1.54) is 12.1 Å². The van der Waals surface area contributed by atoms with E-state index in [2.05, 4.69) is 10.1 Å². The molecule has 1 saturated heterocycles. The Bertz CT molecular complexity index is 1590. The summed E-state index contributed by atoms with van der Waals surface area (Å²) >= 11 is 0. The van der Waals surface area contributed by atoms with Crippen LogP contribution in [0.1, 0.15) is 51.1 Å². The Morgan fingerprint density at radius 1 is 1.03 bits per heavy atom. The van der Waals surface area contributed by atoms with Crippen molar-refractivity contribution < 1.29 is 26.7 Å². The van der Waals surface area contributed by atoms with E-state index in [4.69, 9.17) is 13.4 Å². The van der Waals surface area contributed by atoms with Crippen LogP contribution in [-0.4, -0.2) is 41.7 Å². The van der Waals surface area contributed by atoms with Gasteiger partial charge in [-0.25, -0.2) is 4.79 Å². The van der Waals surface area contributed by atoms with Crippen molar-refractivity contribution in [2.75, 3.05) is 6.54 Å². The predicted molar refractivity (Wildman–Crippen MR) is 141 cm³/mol. The minimum Gasteiger partial charge on any atom is -0.444 e. The fourth-order valence-electron chi connectivity index (χ4n) is 4.34. The lowest BCUT2D eigenvalue weighted by molar-refractivity contribution is 0.0199. The monoisotopic (exact) mass is 535 g/mol. The number of carbonyl (C=O) groups excluding carboxylic acids is 1. The Morgan fingerprint density at radius 2 is 1.74 bits per heavy atom. The largest absolute Gasteiger partial charge is 0.444 e. The van der Waals surface area contributed by atoms with Crippen molar-refractivity contribution >= 4 is 27.0 Å². The maximum Gasteiger partial charge on any atom is 0.410 e. The van der Waals surface area contributed by atoms with E-state index in [-0.39, 0.29) is 16.7 Å². The molecule has 9 nitrogen and oxygen atoms in total. The van der Waals surface area contributed by atoms with Crippen molar-refractivity contribution in [2.45, 2.75) is 57.1 Å². The number of benzene rings is 3. The maximum absolute atomic E-state index is 12.7. The van der Waals surface area contributed by atoms with E-state index in [0.29, 0.717) is 24.7 Å². The molecule has 0 aliphatic carbocycles. The zero-order chi connectivity index (χ0) is 27.1. The van der Waals surface area contributed by atoms with Gasteiger partial charge in [0.2, 0.25) is 11.7 Å². The van der Waals surface area contributed by atoms with Crippen LogP contribution in [0.2, 0.25) is 0 Å². The van der Waals surface area contributed by atoms with E-state index < -0.39 is 21.8 Å². The van der Waals surface area contributed by atoms with E-state index in [1.807, 2.05) is 45.9 Å². The van der Waals surface area contributed by atoms with E-state index in [1.54, 1.807) is 35.2 Å². The first-order chi connectivity index (χ1) is 18.0. The lowest BCUT2D eigenvalue weighted by atomic mass is 10.1. The number of likely N-dealkylation sites (tertiary alicyclic amines) is 1. The normalized spacial score (nSPS) is 16.1. The summed E-state index contributed by atoms with van der Waals surface area (Å²) in [6.07, 6.45) is 1.14. The molecule has 0 bridgehead atoms. The number of amides is 1. The highest BCUT2D eigenvalue weighted by Crippen LogP contribution is 2.34. The second kappa shape index (κ2) is 9.75. The third kappa shape index (κ3) is 5.50. The average molecular weight is 536 g/mol. The number of aromatic nitrogens is 2. The zero-order valence-electron chi connectivity index (χ0n) is 21.7. The Labute approximate surface area is 221 Å². The summed E-state index contributed by atoms with van der Waals surface area (Å²) in [4.78, 5) is 18.9. The first-order valence-electron chi connectivity index (χ1n) is 12.4. The molecule has 0 unspecified atom stereocenters. The standard InChI is InChI=1S/C28H29N3O6S/c1-18-7-13-23(14-8-18)38(33,34)37-22-12-11-19-16-21(10-9-20(19)17-22)25-29-26(36-30-25)24-6-5-15-31(24)27(32)35-28(2,3)4/h7-14,16-17,24H,5-6,15H2,1-4H3/t24-/m0/s1. The number of hydrogen-bond acceptors (Lipinski definition) is 8. The summed E-state index contributed by atoms with van der Waals surface area (Å²) in [6, 6.07) is 16.8. The minimum absolute atomic E-state index is 0.0963. The molecule has 1 atom stereocenters. The molecular weight excluding hydrogens is 506 g/mol. The second-order valence-corrected chi connectivity index (χ2v) is 11.9. The summed E-state index contributed by atoms with van der Waals surface area (Å²) in [7, 11) is -3.95. The van der Waals surface area contributed by atoms with Crippen molar-refractivity contribution in [3.63, 3.8) is 0 Å². The van der Waals surface area contributed by atoms with Gasteiger partial charge >= 0.3 is 16.2 Å².